The van der Waals surface area contributed by atoms with E-state index in [1.54, 1.807) is 0 Å². The first kappa shape index (κ1) is 11.5. The minimum absolute atomic E-state index is 0.0771. The van der Waals surface area contributed by atoms with Gasteiger partial charge in [0.1, 0.15) is 0 Å². The molecule has 1 aliphatic rings. The molecule has 0 aromatic heterocycles. The predicted octanol–water partition coefficient (Wildman–Crippen LogP) is 1.24. The molecule has 1 aliphatic carbocycles. The van der Waals surface area contributed by atoms with Gasteiger partial charge >= 0.3 is 0 Å². The van der Waals surface area contributed by atoms with Gasteiger partial charge in [-0.05, 0) is 26.9 Å². The number of nitrogens with one attached hydrogen (secondary N) is 1. The maximum Gasteiger partial charge on any atom is 0.225 e. The molecular weight excluding hydrogens is 176 g/mol. The smallest absolute Gasteiger partial charge is 0.225 e. The Labute approximate surface area is 86.9 Å². The predicted molar refractivity (Wildman–Crippen MR) is 58.1 cm³/mol. The van der Waals surface area contributed by atoms with Gasteiger partial charge in [0.2, 0.25) is 5.91 Å². The Morgan fingerprint density at radius 3 is 2.43 bits per heavy atom. The average Bonchev–Trinajstić information content (AvgIpc) is 2.52. The van der Waals surface area contributed by atoms with Gasteiger partial charge in [0.05, 0.1) is 0 Å². The third-order valence-electron chi connectivity index (χ3n) is 3.10. The lowest BCUT2D eigenvalue weighted by atomic mass is 9.88. The van der Waals surface area contributed by atoms with Crippen LogP contribution in [0.5, 0.6) is 0 Å². The number of hydrogen-bond donors (Lipinski definition) is 1. The van der Waals surface area contributed by atoms with Crippen molar-refractivity contribution in [2.75, 3.05) is 27.2 Å². The van der Waals surface area contributed by atoms with E-state index in [-0.39, 0.29) is 11.3 Å². The number of rotatable bonds is 4. The van der Waals surface area contributed by atoms with Crippen molar-refractivity contribution < 1.29 is 4.79 Å². The van der Waals surface area contributed by atoms with Crippen LogP contribution in [-0.2, 0) is 4.79 Å². The number of carbonyl (C=O) groups excluding carboxylic acids is 1. The highest BCUT2D eigenvalue weighted by atomic mass is 16.2. The molecule has 0 aliphatic heterocycles. The van der Waals surface area contributed by atoms with E-state index in [4.69, 9.17) is 0 Å². The third-order valence-corrected chi connectivity index (χ3v) is 3.10. The van der Waals surface area contributed by atoms with Crippen molar-refractivity contribution in [3.63, 3.8) is 0 Å². The van der Waals surface area contributed by atoms with Gasteiger partial charge in [0, 0.05) is 18.5 Å². The second kappa shape index (κ2) is 4.78. The summed E-state index contributed by atoms with van der Waals surface area (Å²) in [6.45, 7) is 3.77. The van der Waals surface area contributed by atoms with Crippen molar-refractivity contribution in [1.82, 2.24) is 10.2 Å². The number of nitrogens with zero attached hydrogens (tertiary/aromatic N) is 1. The quantitative estimate of drug-likeness (QED) is 0.737. The molecule has 0 atom stereocenters. The molecule has 0 heterocycles. The summed E-state index contributed by atoms with van der Waals surface area (Å²) in [7, 11) is 4.03. The Morgan fingerprint density at radius 1 is 1.36 bits per heavy atom. The zero-order valence-electron chi connectivity index (χ0n) is 9.60. The number of hydrogen-bond acceptors (Lipinski definition) is 2. The largest absolute Gasteiger partial charge is 0.354 e. The van der Waals surface area contributed by atoms with Crippen LogP contribution >= 0.6 is 0 Å². The standard InChI is InChI=1S/C11H22N2O/c1-11(6-4-5-7-11)10(14)12-8-9-13(2)3/h4-9H2,1-3H3,(H,12,14). The topological polar surface area (TPSA) is 32.3 Å². The highest BCUT2D eigenvalue weighted by Crippen LogP contribution is 2.37. The molecule has 0 radical (unpaired) electrons. The van der Waals surface area contributed by atoms with E-state index in [0.717, 1.165) is 25.9 Å². The second-order valence-corrected chi connectivity index (χ2v) is 4.83. The van der Waals surface area contributed by atoms with E-state index in [1.807, 2.05) is 14.1 Å². The van der Waals surface area contributed by atoms with Crippen molar-refractivity contribution in [1.29, 1.82) is 0 Å². The van der Waals surface area contributed by atoms with Crippen LogP contribution in [0.2, 0.25) is 0 Å². The summed E-state index contributed by atoms with van der Waals surface area (Å²) in [5.41, 5.74) is -0.0771. The van der Waals surface area contributed by atoms with Gasteiger partial charge in [-0.25, -0.2) is 0 Å². The zero-order valence-corrected chi connectivity index (χ0v) is 9.60. The van der Waals surface area contributed by atoms with Gasteiger partial charge in [0.15, 0.2) is 0 Å². The van der Waals surface area contributed by atoms with Crippen LogP contribution < -0.4 is 5.32 Å². The SMILES string of the molecule is CN(C)CCNC(=O)C1(C)CCCC1. The van der Waals surface area contributed by atoms with Crippen LogP contribution in [0.25, 0.3) is 0 Å². The van der Waals surface area contributed by atoms with Crippen molar-refractivity contribution in [2.45, 2.75) is 32.6 Å². The molecule has 0 aromatic carbocycles. The van der Waals surface area contributed by atoms with E-state index in [9.17, 15) is 4.79 Å². The van der Waals surface area contributed by atoms with Crippen molar-refractivity contribution in [2.24, 2.45) is 5.41 Å². The van der Waals surface area contributed by atoms with Crippen LogP contribution in [0, 0.1) is 5.41 Å². The van der Waals surface area contributed by atoms with E-state index in [1.165, 1.54) is 12.8 Å². The number of amides is 1. The molecule has 1 fully saturated rings. The molecule has 1 N–H and O–H groups in total. The molecule has 3 nitrogen and oxygen atoms in total. The summed E-state index contributed by atoms with van der Waals surface area (Å²) >= 11 is 0. The normalized spacial score (nSPS) is 20.0. The number of likely N-dealkylation sites (N-methyl/N-ethyl adjacent to an activating group) is 1. The lowest BCUT2D eigenvalue weighted by Crippen LogP contribution is -2.40. The fourth-order valence-electron chi connectivity index (χ4n) is 1.99. The number of carbonyl (C=O) groups is 1. The van der Waals surface area contributed by atoms with Gasteiger partial charge in [-0.1, -0.05) is 19.8 Å². The van der Waals surface area contributed by atoms with Crippen molar-refractivity contribution in [3.05, 3.63) is 0 Å². The van der Waals surface area contributed by atoms with Gasteiger partial charge in [-0.3, -0.25) is 4.79 Å². The molecule has 0 unspecified atom stereocenters. The second-order valence-electron chi connectivity index (χ2n) is 4.83. The maximum absolute atomic E-state index is 11.8. The van der Waals surface area contributed by atoms with Gasteiger partial charge < -0.3 is 10.2 Å². The zero-order chi connectivity index (χ0) is 10.6. The molecule has 0 aromatic rings. The van der Waals surface area contributed by atoms with E-state index in [2.05, 4.69) is 17.1 Å². The monoisotopic (exact) mass is 198 g/mol. The molecule has 0 spiro atoms. The van der Waals surface area contributed by atoms with Gasteiger partial charge in [-0.2, -0.15) is 0 Å². The summed E-state index contributed by atoms with van der Waals surface area (Å²) < 4.78 is 0. The lowest BCUT2D eigenvalue weighted by molar-refractivity contribution is -0.129. The van der Waals surface area contributed by atoms with E-state index < -0.39 is 0 Å². The first-order chi connectivity index (χ1) is 6.54. The molecule has 1 saturated carbocycles. The maximum atomic E-state index is 11.8. The molecule has 3 heteroatoms. The molecule has 1 rings (SSSR count). The Kier molecular flexibility index (Phi) is 3.93. The lowest BCUT2D eigenvalue weighted by Gasteiger charge is -2.22. The molecule has 1 amide bonds. The molecular formula is C11H22N2O. The fraction of sp³-hybridized carbons (Fsp3) is 0.909. The van der Waals surface area contributed by atoms with Crippen LogP contribution in [0.3, 0.4) is 0 Å². The van der Waals surface area contributed by atoms with Crippen LogP contribution in [0.15, 0.2) is 0 Å². The van der Waals surface area contributed by atoms with Gasteiger partial charge in [0.25, 0.3) is 0 Å². The fourth-order valence-corrected chi connectivity index (χ4v) is 1.99. The summed E-state index contributed by atoms with van der Waals surface area (Å²) in [5.74, 6) is 0.247. The average molecular weight is 198 g/mol. The minimum atomic E-state index is -0.0771. The van der Waals surface area contributed by atoms with Gasteiger partial charge in [-0.15, -0.1) is 0 Å². The van der Waals surface area contributed by atoms with Crippen LogP contribution in [-0.4, -0.2) is 38.0 Å². The Hall–Kier alpha value is -0.570. The highest BCUT2D eigenvalue weighted by molar-refractivity contribution is 5.82. The van der Waals surface area contributed by atoms with E-state index >= 15 is 0 Å². The van der Waals surface area contributed by atoms with Crippen molar-refractivity contribution in [3.8, 4) is 0 Å². The van der Waals surface area contributed by atoms with Crippen LogP contribution in [0.1, 0.15) is 32.6 Å². The summed E-state index contributed by atoms with van der Waals surface area (Å²) in [4.78, 5) is 13.9. The molecule has 82 valence electrons. The summed E-state index contributed by atoms with van der Waals surface area (Å²) in [5, 5.41) is 3.02. The Balaban J connectivity index is 2.27. The van der Waals surface area contributed by atoms with E-state index in [0.29, 0.717) is 0 Å². The van der Waals surface area contributed by atoms with Crippen molar-refractivity contribution >= 4 is 5.91 Å². The molecule has 0 saturated heterocycles. The Bertz CT molecular complexity index is 195. The summed E-state index contributed by atoms with van der Waals surface area (Å²) in [6, 6.07) is 0. The first-order valence-electron chi connectivity index (χ1n) is 5.48. The molecule has 14 heavy (non-hydrogen) atoms. The summed E-state index contributed by atoms with van der Waals surface area (Å²) in [6.07, 6.45) is 4.52. The molecule has 0 bridgehead atoms. The van der Waals surface area contributed by atoms with Crippen LogP contribution in [0.4, 0.5) is 0 Å². The Morgan fingerprint density at radius 2 is 1.93 bits per heavy atom. The third kappa shape index (κ3) is 2.98. The highest BCUT2D eigenvalue weighted by Gasteiger charge is 2.35. The first-order valence-corrected chi connectivity index (χ1v) is 5.48. The minimum Gasteiger partial charge on any atom is -0.354 e.